The molecule has 0 saturated heterocycles. The first-order valence-electron chi connectivity index (χ1n) is 10.1. The second-order valence-electron chi connectivity index (χ2n) is 7.56. The van der Waals surface area contributed by atoms with Crippen molar-refractivity contribution >= 4 is 18.6 Å². The molecule has 0 rings (SSSR count). The monoisotopic (exact) mass is 392 g/mol. The average molecular weight is 393 g/mol. The van der Waals surface area contributed by atoms with Crippen molar-refractivity contribution in [2.45, 2.75) is 83.3 Å². The van der Waals surface area contributed by atoms with Crippen molar-refractivity contribution in [3.05, 3.63) is 0 Å². The zero-order valence-corrected chi connectivity index (χ0v) is 17.8. The summed E-state index contributed by atoms with van der Waals surface area (Å²) in [5.41, 5.74) is -1.11. The maximum atomic E-state index is 12.9. The Morgan fingerprint density at radius 2 is 1.38 bits per heavy atom. The number of hydrogen-bond acceptors (Lipinski definition) is 6. The number of carbonyl (C=O) groups is 1. The zero-order valence-electron chi connectivity index (χ0n) is 16.9. The van der Waals surface area contributed by atoms with Gasteiger partial charge in [-0.3, -0.25) is 4.79 Å². The smallest absolute Gasteiger partial charge is 0.310 e. The Labute approximate surface area is 164 Å². The molecule has 0 bridgehead atoms. The van der Waals surface area contributed by atoms with E-state index >= 15 is 0 Å². The highest BCUT2D eigenvalue weighted by Gasteiger charge is 2.45. The largest absolute Gasteiger partial charge is 0.465 e. The van der Waals surface area contributed by atoms with Gasteiger partial charge < -0.3 is 20.1 Å². The standard InChI is InChI=1S/C20H40O5S/c1-4-7-10-20(26,11-8-5-2)17(18(24)25-12-9-6-3)13-19(14-21,15-22)16-23/h17,21-23,26H,4-16H2,1-3H3. The first-order chi connectivity index (χ1) is 12.4. The summed E-state index contributed by atoms with van der Waals surface area (Å²) < 4.78 is 4.93. The van der Waals surface area contributed by atoms with Gasteiger partial charge in [0, 0.05) is 10.2 Å². The Balaban J connectivity index is 5.62. The predicted molar refractivity (Wildman–Crippen MR) is 108 cm³/mol. The molecule has 3 N–H and O–H groups in total. The fourth-order valence-corrected chi connectivity index (χ4v) is 3.64. The van der Waals surface area contributed by atoms with Gasteiger partial charge in [0.25, 0.3) is 0 Å². The van der Waals surface area contributed by atoms with E-state index in [9.17, 15) is 20.1 Å². The number of rotatable bonds is 16. The maximum Gasteiger partial charge on any atom is 0.310 e. The summed E-state index contributed by atoms with van der Waals surface area (Å²) in [6.07, 6.45) is 7.30. The quantitative estimate of drug-likeness (QED) is 0.184. The van der Waals surface area contributed by atoms with Crippen molar-refractivity contribution in [2.75, 3.05) is 26.4 Å². The second-order valence-corrected chi connectivity index (χ2v) is 8.45. The summed E-state index contributed by atoms with van der Waals surface area (Å²) in [4.78, 5) is 12.9. The molecule has 0 spiro atoms. The lowest BCUT2D eigenvalue weighted by molar-refractivity contribution is -0.153. The molecule has 0 aliphatic carbocycles. The lowest BCUT2D eigenvalue weighted by Crippen LogP contribution is -2.46. The molecular formula is C20H40O5S. The van der Waals surface area contributed by atoms with Gasteiger partial charge in [0.1, 0.15) is 0 Å². The minimum Gasteiger partial charge on any atom is -0.465 e. The molecule has 1 unspecified atom stereocenters. The van der Waals surface area contributed by atoms with Gasteiger partial charge >= 0.3 is 5.97 Å². The van der Waals surface area contributed by atoms with E-state index in [4.69, 9.17) is 17.4 Å². The van der Waals surface area contributed by atoms with Crippen LogP contribution < -0.4 is 0 Å². The van der Waals surface area contributed by atoms with E-state index in [-0.39, 0.29) is 32.2 Å². The SMILES string of the molecule is CCCCOC(=O)C(CC(CO)(CO)CO)C(S)(CCCC)CCCC. The predicted octanol–water partition coefficient (Wildman–Crippen LogP) is 3.35. The number of aliphatic hydroxyl groups excluding tert-OH is 3. The van der Waals surface area contributed by atoms with Gasteiger partial charge in [-0.05, 0) is 25.7 Å². The normalized spacial score (nSPS) is 13.7. The summed E-state index contributed by atoms with van der Waals surface area (Å²) >= 11 is 4.95. The highest BCUT2D eigenvalue weighted by Crippen LogP contribution is 2.42. The number of carbonyl (C=O) groups excluding carboxylic acids is 1. The van der Waals surface area contributed by atoms with Crippen LogP contribution in [-0.4, -0.2) is 52.5 Å². The maximum absolute atomic E-state index is 12.9. The van der Waals surface area contributed by atoms with E-state index < -0.39 is 16.1 Å². The summed E-state index contributed by atoms with van der Waals surface area (Å²) in [6.45, 7) is 5.44. The molecule has 26 heavy (non-hydrogen) atoms. The minimum absolute atomic E-state index is 0.165. The number of thiol groups is 1. The van der Waals surface area contributed by atoms with E-state index in [0.717, 1.165) is 51.4 Å². The molecule has 0 radical (unpaired) electrons. The van der Waals surface area contributed by atoms with E-state index in [1.807, 2.05) is 6.92 Å². The van der Waals surface area contributed by atoms with Crippen LogP contribution in [0.25, 0.3) is 0 Å². The fraction of sp³-hybridized carbons (Fsp3) is 0.950. The van der Waals surface area contributed by atoms with E-state index in [2.05, 4.69) is 13.8 Å². The van der Waals surface area contributed by atoms with Crippen LogP contribution in [0.2, 0.25) is 0 Å². The van der Waals surface area contributed by atoms with Crippen molar-refractivity contribution in [1.82, 2.24) is 0 Å². The molecule has 1 atom stereocenters. The molecular weight excluding hydrogens is 352 g/mol. The molecule has 5 nitrogen and oxygen atoms in total. The number of hydrogen-bond donors (Lipinski definition) is 4. The van der Waals surface area contributed by atoms with Gasteiger partial charge in [0.05, 0.1) is 32.3 Å². The molecule has 0 aliphatic rings. The number of aliphatic hydroxyl groups is 3. The van der Waals surface area contributed by atoms with Crippen molar-refractivity contribution in [3.63, 3.8) is 0 Å². The molecule has 0 amide bonds. The highest BCUT2D eigenvalue weighted by molar-refractivity contribution is 7.81. The molecule has 0 heterocycles. The van der Waals surface area contributed by atoms with Crippen LogP contribution in [0.15, 0.2) is 0 Å². The van der Waals surface area contributed by atoms with Crippen LogP contribution >= 0.6 is 12.6 Å². The Morgan fingerprint density at radius 3 is 1.77 bits per heavy atom. The van der Waals surface area contributed by atoms with Crippen LogP contribution in [-0.2, 0) is 9.53 Å². The van der Waals surface area contributed by atoms with Gasteiger partial charge in [0.2, 0.25) is 0 Å². The summed E-state index contributed by atoms with van der Waals surface area (Å²) in [5.74, 6) is -0.910. The molecule has 6 heteroatoms. The highest BCUT2D eigenvalue weighted by atomic mass is 32.1. The van der Waals surface area contributed by atoms with Crippen LogP contribution in [0.5, 0.6) is 0 Å². The molecule has 0 aliphatic heterocycles. The van der Waals surface area contributed by atoms with Crippen molar-refractivity contribution in [1.29, 1.82) is 0 Å². The first-order valence-corrected chi connectivity index (χ1v) is 10.5. The Hall–Kier alpha value is -0.300. The lowest BCUT2D eigenvalue weighted by Gasteiger charge is -2.40. The average Bonchev–Trinajstić information content (AvgIpc) is 2.66. The Morgan fingerprint density at radius 1 is 0.923 bits per heavy atom. The third kappa shape index (κ3) is 8.15. The van der Waals surface area contributed by atoms with E-state index in [1.165, 1.54) is 0 Å². The Kier molecular flexibility index (Phi) is 13.6. The molecule has 0 aromatic rings. The fourth-order valence-electron chi connectivity index (χ4n) is 3.13. The number of ether oxygens (including phenoxy) is 1. The zero-order chi connectivity index (χ0) is 20.1. The van der Waals surface area contributed by atoms with Gasteiger partial charge in [-0.25, -0.2) is 0 Å². The molecule has 0 fully saturated rings. The van der Waals surface area contributed by atoms with Crippen molar-refractivity contribution in [3.8, 4) is 0 Å². The van der Waals surface area contributed by atoms with Crippen LogP contribution in [0.1, 0.15) is 78.6 Å². The topological polar surface area (TPSA) is 87.0 Å². The number of unbranched alkanes of at least 4 members (excludes halogenated alkanes) is 3. The lowest BCUT2D eigenvalue weighted by atomic mass is 9.72. The van der Waals surface area contributed by atoms with Crippen LogP contribution in [0, 0.1) is 11.3 Å². The van der Waals surface area contributed by atoms with Crippen LogP contribution in [0.4, 0.5) is 0 Å². The summed E-state index contributed by atoms with van der Waals surface area (Å²) in [6, 6.07) is 0. The second kappa shape index (κ2) is 13.8. The number of esters is 1. The first kappa shape index (κ1) is 25.7. The molecule has 156 valence electrons. The minimum atomic E-state index is -1.11. The molecule has 0 aromatic heterocycles. The van der Waals surface area contributed by atoms with Crippen molar-refractivity contribution in [2.24, 2.45) is 11.3 Å². The van der Waals surface area contributed by atoms with Gasteiger partial charge in [-0.15, -0.1) is 0 Å². The Bertz CT molecular complexity index is 355. The van der Waals surface area contributed by atoms with Crippen LogP contribution in [0.3, 0.4) is 0 Å². The molecule has 0 aromatic carbocycles. The third-order valence-corrected chi connectivity index (χ3v) is 6.00. The van der Waals surface area contributed by atoms with E-state index in [0.29, 0.717) is 6.61 Å². The molecule has 0 saturated carbocycles. The van der Waals surface area contributed by atoms with E-state index in [1.54, 1.807) is 0 Å². The van der Waals surface area contributed by atoms with Gasteiger partial charge in [0.15, 0.2) is 0 Å². The van der Waals surface area contributed by atoms with Gasteiger partial charge in [-0.1, -0.05) is 52.9 Å². The third-order valence-electron chi connectivity index (χ3n) is 5.25. The van der Waals surface area contributed by atoms with Crippen molar-refractivity contribution < 1.29 is 24.9 Å². The van der Waals surface area contributed by atoms with Gasteiger partial charge in [-0.2, -0.15) is 12.6 Å². The summed E-state index contributed by atoms with van der Waals surface area (Å²) in [5, 5.41) is 29.2. The summed E-state index contributed by atoms with van der Waals surface area (Å²) in [7, 11) is 0.